The lowest BCUT2D eigenvalue weighted by atomic mass is 10.0. The van der Waals surface area contributed by atoms with Gasteiger partial charge in [0.1, 0.15) is 11.6 Å². The third-order valence-electron chi connectivity index (χ3n) is 7.85. The van der Waals surface area contributed by atoms with E-state index in [9.17, 15) is 23.1 Å². The van der Waals surface area contributed by atoms with Gasteiger partial charge in [-0.1, -0.05) is 13.5 Å². The van der Waals surface area contributed by atoms with Crippen molar-refractivity contribution in [1.29, 1.82) is 0 Å². The molecule has 3 aliphatic rings. The number of hydrogen-bond acceptors (Lipinski definition) is 10. The number of aliphatic imine (C=N–C) groups is 2. The van der Waals surface area contributed by atoms with E-state index in [0.29, 0.717) is 45.8 Å². The van der Waals surface area contributed by atoms with Crippen molar-refractivity contribution in [1.82, 2.24) is 14.7 Å². The zero-order chi connectivity index (χ0) is 31.7. The third kappa shape index (κ3) is 9.74. The van der Waals surface area contributed by atoms with E-state index in [0.717, 1.165) is 51.2 Å². The third-order valence-corrected chi connectivity index (χ3v) is 7.85. The number of piperazine rings is 1. The van der Waals surface area contributed by atoms with E-state index in [-0.39, 0.29) is 35.8 Å². The molecule has 1 amide bonds. The van der Waals surface area contributed by atoms with Crippen molar-refractivity contribution in [2.45, 2.75) is 39.1 Å². The zero-order valence-electron chi connectivity index (χ0n) is 25.5. The number of morpholine rings is 1. The van der Waals surface area contributed by atoms with Crippen molar-refractivity contribution in [3.05, 3.63) is 30.9 Å². The smallest absolute Gasteiger partial charge is 0.508 e. The first kappa shape index (κ1) is 33.4. The monoisotopic (exact) mass is 624 g/mol. The summed E-state index contributed by atoms with van der Waals surface area (Å²) in [5.41, 5.74) is 0.206. The van der Waals surface area contributed by atoms with Gasteiger partial charge in [0.25, 0.3) is 0 Å². The van der Waals surface area contributed by atoms with Gasteiger partial charge in [-0.15, -0.1) is 13.2 Å². The fourth-order valence-electron chi connectivity index (χ4n) is 5.56. The summed E-state index contributed by atoms with van der Waals surface area (Å²) in [6, 6.07) is 3.58. The Hall–Kier alpha value is -3.52. The Bertz CT molecular complexity index is 1180. The second-order valence-corrected chi connectivity index (χ2v) is 11.2. The molecule has 2 saturated heterocycles. The topological polar surface area (TPSA) is 103 Å². The van der Waals surface area contributed by atoms with Gasteiger partial charge >= 0.3 is 12.4 Å². The molecule has 1 aromatic rings. The van der Waals surface area contributed by atoms with Crippen LogP contribution < -0.4 is 9.64 Å². The summed E-state index contributed by atoms with van der Waals surface area (Å²) >= 11 is 0. The highest BCUT2D eigenvalue weighted by atomic mass is 19.4. The number of aromatic hydroxyl groups is 1. The van der Waals surface area contributed by atoms with E-state index >= 15 is 0 Å². The van der Waals surface area contributed by atoms with Crippen LogP contribution in [0.4, 0.5) is 18.9 Å². The quantitative estimate of drug-likeness (QED) is 0.364. The van der Waals surface area contributed by atoms with Crippen LogP contribution >= 0.6 is 0 Å². The molecule has 4 rings (SSSR count). The predicted octanol–water partition coefficient (Wildman–Crippen LogP) is 3.35. The van der Waals surface area contributed by atoms with E-state index in [1.807, 2.05) is 13.8 Å². The van der Waals surface area contributed by atoms with Gasteiger partial charge in [0, 0.05) is 70.9 Å². The van der Waals surface area contributed by atoms with Gasteiger partial charge in [-0.25, -0.2) is 4.99 Å². The van der Waals surface area contributed by atoms with Crippen molar-refractivity contribution in [2.24, 2.45) is 15.9 Å². The molecular weight excluding hydrogens is 581 g/mol. The summed E-state index contributed by atoms with van der Waals surface area (Å²) in [4.78, 5) is 29.8. The number of hydrogen-bond donors (Lipinski definition) is 1. The Balaban J connectivity index is 1.57. The molecule has 1 aromatic carbocycles. The van der Waals surface area contributed by atoms with Crippen LogP contribution in [-0.2, 0) is 14.3 Å². The van der Waals surface area contributed by atoms with Crippen LogP contribution in [0.25, 0.3) is 0 Å². The second kappa shape index (κ2) is 15.5. The number of ether oxygens (including phenoxy) is 3. The van der Waals surface area contributed by atoms with E-state index in [2.05, 4.69) is 21.1 Å². The number of phenolic OH excluding ortho intramolecular Hbond substituents is 1. The molecule has 0 radical (unpaired) electrons. The first-order valence-corrected chi connectivity index (χ1v) is 15.1. The van der Waals surface area contributed by atoms with E-state index in [4.69, 9.17) is 19.5 Å². The SMILES string of the molecule is C=CC(=O)N1CCN(C2=NC(OCCCN3CCOCC3)=NC(C)CN(c3ccc(O)cc3OC(F)(F)F)CCC2C)CC1. The van der Waals surface area contributed by atoms with Crippen molar-refractivity contribution < 1.29 is 37.3 Å². The Labute approximate surface area is 256 Å². The number of rotatable bonds is 7. The first-order valence-electron chi connectivity index (χ1n) is 15.1. The number of nitrogens with zero attached hydrogens (tertiary/aromatic N) is 6. The molecule has 0 spiro atoms. The standard InChI is InChI=1S/C30H43F3N6O5/c1-4-27(41)37-11-13-38(14-12-37)28-22(2)8-10-39(25-7-6-24(40)20-26(25)44-30(31,32)33)21-23(3)34-29(35-28)43-17-5-9-36-15-18-42-19-16-36/h4,6-7,20,22-23,40H,1,5,8-19,21H2,2-3H3. The average molecular weight is 625 g/mol. The Morgan fingerprint density at radius 3 is 2.52 bits per heavy atom. The van der Waals surface area contributed by atoms with E-state index in [1.165, 1.54) is 18.2 Å². The molecule has 0 bridgehead atoms. The van der Waals surface area contributed by atoms with Crippen LogP contribution in [0.3, 0.4) is 0 Å². The van der Waals surface area contributed by atoms with Gasteiger partial charge in [0.15, 0.2) is 5.75 Å². The largest absolute Gasteiger partial charge is 0.573 e. The van der Waals surface area contributed by atoms with Gasteiger partial charge in [-0.2, -0.15) is 4.99 Å². The summed E-state index contributed by atoms with van der Waals surface area (Å²) in [6.45, 7) is 14.7. The predicted molar refractivity (Wildman–Crippen MR) is 161 cm³/mol. The lowest BCUT2D eigenvalue weighted by Gasteiger charge is -2.38. The van der Waals surface area contributed by atoms with E-state index in [1.54, 1.807) is 9.80 Å². The normalized spacial score (nSPS) is 22.6. The number of carbonyl (C=O) groups excluding carboxylic acids is 1. The van der Waals surface area contributed by atoms with Crippen molar-refractivity contribution >= 4 is 23.5 Å². The van der Waals surface area contributed by atoms with Crippen molar-refractivity contribution in [3.8, 4) is 11.5 Å². The van der Waals surface area contributed by atoms with E-state index < -0.39 is 18.2 Å². The maximum atomic E-state index is 13.3. The highest BCUT2D eigenvalue weighted by molar-refractivity contribution is 5.95. The molecule has 14 heteroatoms. The summed E-state index contributed by atoms with van der Waals surface area (Å²) in [5.74, 6) is -0.278. The molecule has 2 fully saturated rings. The summed E-state index contributed by atoms with van der Waals surface area (Å²) in [5, 5.41) is 9.91. The Morgan fingerprint density at radius 1 is 1.11 bits per heavy atom. The number of anilines is 1. The molecule has 0 aliphatic carbocycles. The number of halogens is 3. The molecule has 2 atom stereocenters. The summed E-state index contributed by atoms with van der Waals surface area (Å²) in [7, 11) is 0. The second-order valence-electron chi connectivity index (χ2n) is 11.2. The maximum Gasteiger partial charge on any atom is 0.573 e. The molecule has 44 heavy (non-hydrogen) atoms. The Kier molecular flexibility index (Phi) is 11.7. The molecule has 2 unspecified atom stereocenters. The fourth-order valence-corrected chi connectivity index (χ4v) is 5.56. The number of amidine groups is 2. The zero-order valence-corrected chi connectivity index (χ0v) is 25.5. The van der Waals surface area contributed by atoms with Crippen LogP contribution in [-0.4, -0.2) is 129 Å². The average Bonchev–Trinajstić information content (AvgIpc) is 2.99. The van der Waals surface area contributed by atoms with Gasteiger partial charge in [0.05, 0.1) is 31.5 Å². The summed E-state index contributed by atoms with van der Waals surface area (Å²) < 4.78 is 55.7. The minimum Gasteiger partial charge on any atom is -0.508 e. The molecule has 11 nitrogen and oxygen atoms in total. The molecule has 244 valence electrons. The van der Waals surface area contributed by atoms with Gasteiger partial charge in [0.2, 0.25) is 5.91 Å². The molecule has 3 aliphatic heterocycles. The lowest BCUT2D eigenvalue weighted by Crippen LogP contribution is -2.52. The summed E-state index contributed by atoms with van der Waals surface area (Å²) in [6.07, 6.45) is -2.28. The van der Waals surface area contributed by atoms with Crippen LogP contribution in [0.5, 0.6) is 11.5 Å². The number of amides is 1. The highest BCUT2D eigenvalue weighted by Crippen LogP contribution is 2.36. The molecule has 1 N–H and O–H groups in total. The van der Waals surface area contributed by atoms with Gasteiger partial charge < -0.3 is 34.0 Å². The lowest BCUT2D eigenvalue weighted by molar-refractivity contribution is -0.274. The fraction of sp³-hybridized carbons (Fsp3) is 0.633. The van der Waals surface area contributed by atoms with Crippen LogP contribution in [0.1, 0.15) is 26.7 Å². The number of phenols is 1. The minimum atomic E-state index is -4.92. The molecule has 0 aromatic heterocycles. The van der Waals surface area contributed by atoms with Crippen molar-refractivity contribution in [2.75, 3.05) is 83.6 Å². The molecular formula is C30H43F3N6O5. The number of alkyl halides is 3. The first-order chi connectivity index (χ1) is 21.0. The van der Waals surface area contributed by atoms with Gasteiger partial charge in [-0.3, -0.25) is 9.69 Å². The highest BCUT2D eigenvalue weighted by Gasteiger charge is 2.34. The number of carbonyl (C=O) groups is 1. The van der Waals surface area contributed by atoms with Crippen LogP contribution in [0, 0.1) is 5.92 Å². The Morgan fingerprint density at radius 2 is 1.84 bits per heavy atom. The molecule has 0 saturated carbocycles. The van der Waals surface area contributed by atoms with Gasteiger partial charge in [-0.05, 0) is 38.0 Å². The molecule has 3 heterocycles. The van der Waals surface area contributed by atoms with Crippen LogP contribution in [0.2, 0.25) is 0 Å². The maximum absolute atomic E-state index is 13.3. The van der Waals surface area contributed by atoms with Crippen LogP contribution in [0.15, 0.2) is 40.8 Å². The number of benzene rings is 1. The minimum absolute atomic E-state index is 0.112. The van der Waals surface area contributed by atoms with Crippen molar-refractivity contribution in [3.63, 3.8) is 0 Å².